The van der Waals surface area contributed by atoms with Crippen molar-refractivity contribution in [1.82, 2.24) is 5.32 Å². The molecule has 0 spiro atoms. The highest BCUT2D eigenvalue weighted by Crippen LogP contribution is 2.39. The van der Waals surface area contributed by atoms with Gasteiger partial charge in [-0.25, -0.2) is 8.42 Å². The molecule has 1 atom stereocenters. The number of amides is 1. The molecule has 0 saturated heterocycles. The smallest absolute Gasteiger partial charge is 0.241 e. The zero-order valence-corrected chi connectivity index (χ0v) is 19.2. The van der Waals surface area contributed by atoms with Crippen molar-refractivity contribution in [2.45, 2.75) is 45.3 Å². The Morgan fingerprint density at radius 3 is 2.52 bits per heavy atom. The molecular formula is C23H30N2O5S. The summed E-state index contributed by atoms with van der Waals surface area (Å²) in [4.78, 5) is 12.9. The second-order valence-corrected chi connectivity index (χ2v) is 10.2. The van der Waals surface area contributed by atoms with Crippen molar-refractivity contribution in [3.63, 3.8) is 0 Å². The molecule has 0 aliphatic carbocycles. The summed E-state index contributed by atoms with van der Waals surface area (Å²) in [6, 6.07) is 14.0. The summed E-state index contributed by atoms with van der Waals surface area (Å²) in [5.74, 6) is 1.01. The zero-order valence-electron chi connectivity index (χ0n) is 18.4. The molecule has 2 aromatic rings. The monoisotopic (exact) mass is 446 g/mol. The number of carbonyl (C=O) groups excluding carboxylic acids is 1. The van der Waals surface area contributed by atoms with Crippen LogP contribution in [0.3, 0.4) is 0 Å². The van der Waals surface area contributed by atoms with Gasteiger partial charge in [-0.05, 0) is 50.6 Å². The number of rotatable bonds is 8. The molecule has 1 aliphatic rings. The maximum atomic E-state index is 12.9. The Kier molecular flexibility index (Phi) is 6.79. The van der Waals surface area contributed by atoms with Crippen LogP contribution in [0.25, 0.3) is 0 Å². The molecule has 1 heterocycles. The number of hydrogen-bond acceptors (Lipinski definition) is 5. The number of sulfonamides is 1. The Morgan fingerprint density at radius 1 is 1.19 bits per heavy atom. The van der Waals surface area contributed by atoms with Crippen LogP contribution in [0, 0.1) is 0 Å². The fraction of sp³-hybridized carbons (Fsp3) is 0.435. The fourth-order valence-corrected chi connectivity index (χ4v) is 4.49. The van der Waals surface area contributed by atoms with Gasteiger partial charge in [0.25, 0.3) is 0 Å². The van der Waals surface area contributed by atoms with E-state index in [1.54, 1.807) is 24.3 Å². The van der Waals surface area contributed by atoms with Gasteiger partial charge in [0.2, 0.25) is 15.9 Å². The van der Waals surface area contributed by atoms with Gasteiger partial charge in [0, 0.05) is 12.0 Å². The van der Waals surface area contributed by atoms with E-state index >= 15 is 0 Å². The number of para-hydroxylation sites is 1. The number of nitrogens with zero attached hydrogens (tertiary/aromatic N) is 1. The van der Waals surface area contributed by atoms with Crippen molar-refractivity contribution in [3.8, 4) is 11.5 Å². The van der Waals surface area contributed by atoms with Crippen molar-refractivity contribution < 1.29 is 22.7 Å². The van der Waals surface area contributed by atoms with E-state index in [2.05, 4.69) is 5.32 Å². The lowest BCUT2D eigenvalue weighted by Gasteiger charge is -2.38. The summed E-state index contributed by atoms with van der Waals surface area (Å²) in [6.45, 7) is 6.21. The Hall–Kier alpha value is -2.74. The second kappa shape index (κ2) is 9.18. The average molecular weight is 447 g/mol. The van der Waals surface area contributed by atoms with E-state index in [9.17, 15) is 13.2 Å². The van der Waals surface area contributed by atoms with E-state index in [1.165, 1.54) is 0 Å². The molecule has 0 bridgehead atoms. The van der Waals surface area contributed by atoms with Gasteiger partial charge in [-0.3, -0.25) is 9.10 Å². The van der Waals surface area contributed by atoms with Gasteiger partial charge in [-0.2, -0.15) is 0 Å². The van der Waals surface area contributed by atoms with Crippen LogP contribution in [0.5, 0.6) is 11.5 Å². The normalized spacial score (nSPS) is 17.2. The summed E-state index contributed by atoms with van der Waals surface area (Å²) >= 11 is 0. The van der Waals surface area contributed by atoms with E-state index in [4.69, 9.17) is 9.47 Å². The van der Waals surface area contributed by atoms with Gasteiger partial charge in [0.15, 0.2) is 0 Å². The molecule has 1 aliphatic heterocycles. The zero-order chi connectivity index (χ0) is 22.6. The molecule has 3 rings (SSSR count). The Balaban J connectivity index is 1.76. The van der Waals surface area contributed by atoms with Gasteiger partial charge in [-0.1, -0.05) is 25.1 Å². The molecule has 2 aromatic carbocycles. The van der Waals surface area contributed by atoms with Gasteiger partial charge in [-0.15, -0.1) is 0 Å². The Morgan fingerprint density at radius 2 is 1.87 bits per heavy atom. The molecule has 1 amide bonds. The second-order valence-electron chi connectivity index (χ2n) is 8.34. The third-order valence-corrected chi connectivity index (χ3v) is 6.14. The van der Waals surface area contributed by atoms with Crippen molar-refractivity contribution in [2.24, 2.45) is 0 Å². The number of anilines is 1. The fourth-order valence-electron chi connectivity index (χ4n) is 3.63. The Bertz CT molecular complexity index is 1020. The van der Waals surface area contributed by atoms with Crippen LogP contribution in [0.1, 0.15) is 45.2 Å². The van der Waals surface area contributed by atoms with E-state index in [1.807, 2.05) is 45.0 Å². The van der Waals surface area contributed by atoms with Crippen LogP contribution in [-0.4, -0.2) is 39.3 Å². The minimum Gasteiger partial charge on any atom is -0.494 e. The first-order chi connectivity index (χ1) is 14.6. The molecule has 8 heteroatoms. The molecule has 0 unspecified atom stereocenters. The van der Waals surface area contributed by atoms with Crippen LogP contribution in [0.4, 0.5) is 5.69 Å². The maximum absolute atomic E-state index is 12.9. The first-order valence-corrected chi connectivity index (χ1v) is 12.2. The predicted octanol–water partition coefficient (Wildman–Crippen LogP) is 3.66. The van der Waals surface area contributed by atoms with E-state index < -0.39 is 15.6 Å². The molecule has 31 heavy (non-hydrogen) atoms. The van der Waals surface area contributed by atoms with Crippen molar-refractivity contribution in [3.05, 3.63) is 54.1 Å². The lowest BCUT2D eigenvalue weighted by atomic mass is 9.89. The van der Waals surface area contributed by atoms with Gasteiger partial charge < -0.3 is 14.8 Å². The summed E-state index contributed by atoms with van der Waals surface area (Å²) in [6.07, 6.45) is 2.55. The van der Waals surface area contributed by atoms with Gasteiger partial charge in [0.05, 0.1) is 24.6 Å². The number of ether oxygens (including phenoxy) is 2. The minimum atomic E-state index is -3.66. The quantitative estimate of drug-likeness (QED) is 0.669. The van der Waals surface area contributed by atoms with Crippen molar-refractivity contribution in [2.75, 3.05) is 23.7 Å². The average Bonchev–Trinajstić information content (AvgIpc) is 2.69. The first-order valence-electron chi connectivity index (χ1n) is 10.4. The van der Waals surface area contributed by atoms with Crippen LogP contribution in [0.2, 0.25) is 0 Å². The third kappa shape index (κ3) is 5.91. The molecule has 0 saturated carbocycles. The largest absolute Gasteiger partial charge is 0.494 e. The van der Waals surface area contributed by atoms with Crippen molar-refractivity contribution in [1.29, 1.82) is 0 Å². The summed E-state index contributed by atoms with van der Waals surface area (Å²) in [7, 11) is -3.66. The lowest BCUT2D eigenvalue weighted by Crippen LogP contribution is -2.45. The molecule has 0 radical (unpaired) electrons. The van der Waals surface area contributed by atoms with Gasteiger partial charge in [0.1, 0.15) is 23.6 Å². The van der Waals surface area contributed by atoms with E-state index in [0.717, 1.165) is 28.3 Å². The summed E-state index contributed by atoms with van der Waals surface area (Å²) in [5, 5.41) is 2.99. The van der Waals surface area contributed by atoms with Crippen molar-refractivity contribution >= 4 is 21.6 Å². The van der Waals surface area contributed by atoms with Gasteiger partial charge >= 0.3 is 0 Å². The number of benzene rings is 2. The predicted molar refractivity (Wildman–Crippen MR) is 121 cm³/mol. The molecule has 1 N–H and O–H groups in total. The number of nitrogens with one attached hydrogen (secondary N) is 1. The third-order valence-electron chi connectivity index (χ3n) is 5.00. The van der Waals surface area contributed by atoms with Crippen LogP contribution in [-0.2, 0) is 14.8 Å². The maximum Gasteiger partial charge on any atom is 0.241 e. The van der Waals surface area contributed by atoms with Crippen LogP contribution < -0.4 is 19.1 Å². The molecular weight excluding hydrogens is 416 g/mol. The number of hydrogen-bond donors (Lipinski definition) is 1. The standard InChI is InChI=1S/C23H30N2O5S/c1-5-14-29-18-12-10-17(11-13-18)25(31(4,27)28)16-22(26)24-20-15-23(2,3)30-21-9-7-6-8-19(20)21/h6-13,20H,5,14-16H2,1-4H3,(H,24,26)/t20-/m1/s1. The topological polar surface area (TPSA) is 84.9 Å². The minimum absolute atomic E-state index is 0.265. The SMILES string of the molecule is CCCOc1ccc(N(CC(=O)N[C@@H]2CC(C)(C)Oc3ccccc32)S(C)(=O)=O)cc1. The lowest BCUT2D eigenvalue weighted by molar-refractivity contribution is -0.120. The van der Waals surface area contributed by atoms with Crippen LogP contribution in [0.15, 0.2) is 48.5 Å². The molecule has 0 aromatic heterocycles. The summed E-state index contributed by atoms with van der Waals surface area (Å²) in [5.41, 5.74) is 0.852. The first kappa shape index (κ1) is 22.9. The summed E-state index contributed by atoms with van der Waals surface area (Å²) < 4.78 is 37.5. The van der Waals surface area contributed by atoms with E-state index in [0.29, 0.717) is 24.5 Å². The van der Waals surface area contributed by atoms with Crippen LogP contribution >= 0.6 is 0 Å². The highest BCUT2D eigenvalue weighted by molar-refractivity contribution is 7.92. The molecule has 168 valence electrons. The Labute approximate surface area is 184 Å². The highest BCUT2D eigenvalue weighted by atomic mass is 32.2. The number of fused-ring (bicyclic) bond motifs is 1. The van der Waals surface area contributed by atoms with E-state index in [-0.39, 0.29) is 18.5 Å². The molecule has 7 nitrogen and oxygen atoms in total. The molecule has 0 fully saturated rings. The number of carbonyl (C=O) groups is 1. The highest BCUT2D eigenvalue weighted by Gasteiger charge is 2.34.